The van der Waals surface area contributed by atoms with E-state index in [-0.39, 0.29) is 5.92 Å². The molecule has 1 nitrogen and oxygen atoms in total. The predicted molar refractivity (Wildman–Crippen MR) is 56.2 cm³/mol. The van der Waals surface area contributed by atoms with Crippen molar-refractivity contribution in [3.05, 3.63) is 35.4 Å². The number of halogens is 5. The number of benzene rings is 1. The minimum atomic E-state index is -5.62. The number of hydrogen-bond acceptors (Lipinski definition) is 1. The van der Waals surface area contributed by atoms with Gasteiger partial charge in [0.25, 0.3) is 0 Å². The summed E-state index contributed by atoms with van der Waals surface area (Å²) in [6.45, 7) is 3.42. The van der Waals surface area contributed by atoms with Crippen LogP contribution in [0.3, 0.4) is 0 Å². The zero-order valence-corrected chi connectivity index (χ0v) is 9.80. The quantitative estimate of drug-likeness (QED) is 0.820. The van der Waals surface area contributed by atoms with Gasteiger partial charge in [0.1, 0.15) is 0 Å². The van der Waals surface area contributed by atoms with Crippen molar-refractivity contribution in [3.63, 3.8) is 0 Å². The largest absolute Gasteiger partial charge is 0.458 e. The van der Waals surface area contributed by atoms with Crippen molar-refractivity contribution in [1.82, 2.24) is 0 Å². The second kappa shape index (κ2) is 4.84. The van der Waals surface area contributed by atoms with E-state index in [2.05, 4.69) is 0 Å². The number of alkyl halides is 5. The van der Waals surface area contributed by atoms with Crippen LogP contribution in [0.5, 0.6) is 0 Å². The standard InChI is InChI=1S/C12H13F5O/c1-7(2)10(18)8-3-5-9(6-4-8)11(13,14)12(15,16)17/h3-7,10,18H,1-2H3. The van der Waals surface area contributed by atoms with E-state index in [0.717, 1.165) is 12.1 Å². The fourth-order valence-electron chi connectivity index (χ4n) is 1.44. The van der Waals surface area contributed by atoms with E-state index in [9.17, 15) is 27.1 Å². The van der Waals surface area contributed by atoms with Gasteiger partial charge in [0, 0.05) is 5.56 Å². The third-order valence-electron chi connectivity index (χ3n) is 2.60. The molecule has 6 heteroatoms. The van der Waals surface area contributed by atoms with Crippen LogP contribution < -0.4 is 0 Å². The van der Waals surface area contributed by atoms with Crippen LogP contribution in [0.25, 0.3) is 0 Å². The van der Waals surface area contributed by atoms with Crippen LogP contribution >= 0.6 is 0 Å². The van der Waals surface area contributed by atoms with Gasteiger partial charge in [0.15, 0.2) is 0 Å². The van der Waals surface area contributed by atoms with Crippen LogP contribution in [-0.2, 0) is 5.92 Å². The van der Waals surface area contributed by atoms with Gasteiger partial charge in [-0.2, -0.15) is 22.0 Å². The molecule has 0 fully saturated rings. The Balaban J connectivity index is 3.03. The Morgan fingerprint density at radius 2 is 1.39 bits per heavy atom. The van der Waals surface area contributed by atoms with Crippen molar-refractivity contribution >= 4 is 0 Å². The molecule has 0 spiro atoms. The molecule has 18 heavy (non-hydrogen) atoms. The first-order valence-electron chi connectivity index (χ1n) is 5.30. The summed E-state index contributed by atoms with van der Waals surface area (Å²) < 4.78 is 62.3. The molecule has 1 rings (SSSR count). The lowest BCUT2D eigenvalue weighted by atomic mass is 9.97. The van der Waals surface area contributed by atoms with E-state index < -0.39 is 23.8 Å². The van der Waals surface area contributed by atoms with Crippen LogP contribution in [0.4, 0.5) is 22.0 Å². The first kappa shape index (κ1) is 14.9. The van der Waals surface area contributed by atoms with Crippen LogP contribution in [0.2, 0.25) is 0 Å². The van der Waals surface area contributed by atoms with Gasteiger partial charge in [0.05, 0.1) is 6.10 Å². The minimum absolute atomic E-state index is 0.154. The van der Waals surface area contributed by atoms with Crippen molar-refractivity contribution in [1.29, 1.82) is 0 Å². The van der Waals surface area contributed by atoms with Crippen molar-refractivity contribution in [2.24, 2.45) is 5.92 Å². The number of aliphatic hydroxyl groups excluding tert-OH is 1. The molecule has 0 aliphatic carbocycles. The normalized spacial score (nSPS) is 14.9. The monoisotopic (exact) mass is 268 g/mol. The topological polar surface area (TPSA) is 20.2 Å². The number of aliphatic hydroxyl groups is 1. The molecule has 0 aliphatic rings. The summed E-state index contributed by atoms with van der Waals surface area (Å²) in [5.41, 5.74) is -0.818. The Labute approximate surface area is 101 Å². The van der Waals surface area contributed by atoms with Gasteiger partial charge in [-0.3, -0.25) is 0 Å². The van der Waals surface area contributed by atoms with Crippen LogP contribution in [-0.4, -0.2) is 11.3 Å². The maximum Gasteiger partial charge on any atom is 0.458 e. The highest BCUT2D eigenvalue weighted by molar-refractivity contribution is 5.28. The molecule has 1 aromatic rings. The van der Waals surface area contributed by atoms with E-state index in [1.54, 1.807) is 13.8 Å². The number of rotatable bonds is 3. The summed E-state index contributed by atoms with van der Waals surface area (Å²) in [6, 6.07) is 3.54. The van der Waals surface area contributed by atoms with Gasteiger partial charge in [-0.25, -0.2) is 0 Å². The second-order valence-electron chi connectivity index (χ2n) is 4.38. The summed E-state index contributed by atoms with van der Waals surface area (Å²) >= 11 is 0. The fraction of sp³-hybridized carbons (Fsp3) is 0.500. The third kappa shape index (κ3) is 2.80. The molecule has 0 aromatic heterocycles. The Bertz CT molecular complexity index is 394. The van der Waals surface area contributed by atoms with Gasteiger partial charge in [-0.15, -0.1) is 0 Å². The molecule has 1 atom stereocenters. The van der Waals surface area contributed by atoms with Crippen molar-refractivity contribution < 1.29 is 27.1 Å². The van der Waals surface area contributed by atoms with Gasteiger partial charge in [-0.1, -0.05) is 38.1 Å². The summed E-state index contributed by atoms with van der Waals surface area (Å²) in [4.78, 5) is 0. The zero-order valence-electron chi connectivity index (χ0n) is 9.80. The molecule has 0 saturated heterocycles. The average Bonchev–Trinajstić information content (AvgIpc) is 2.26. The lowest BCUT2D eigenvalue weighted by Crippen LogP contribution is -2.33. The Hall–Kier alpha value is -1.17. The molecule has 1 unspecified atom stereocenters. The zero-order chi connectivity index (χ0) is 14.1. The first-order chi connectivity index (χ1) is 8.07. The summed E-state index contributed by atoms with van der Waals surface area (Å²) in [5.74, 6) is -5.03. The first-order valence-corrected chi connectivity index (χ1v) is 5.30. The molecule has 0 heterocycles. The lowest BCUT2D eigenvalue weighted by Gasteiger charge is -2.21. The smallest absolute Gasteiger partial charge is 0.388 e. The Kier molecular flexibility index (Phi) is 4.00. The predicted octanol–water partition coefficient (Wildman–Crippen LogP) is 4.03. The molecule has 0 amide bonds. The number of hydrogen-bond donors (Lipinski definition) is 1. The molecule has 0 aliphatic heterocycles. The summed E-state index contributed by atoms with van der Waals surface area (Å²) in [6.07, 6.45) is -6.51. The van der Waals surface area contributed by atoms with Crippen LogP contribution in [0, 0.1) is 5.92 Å². The van der Waals surface area contributed by atoms with E-state index >= 15 is 0 Å². The maximum absolute atomic E-state index is 13.0. The van der Waals surface area contributed by atoms with Crippen molar-refractivity contribution in [2.75, 3.05) is 0 Å². The summed E-state index contributed by atoms with van der Waals surface area (Å²) in [7, 11) is 0. The van der Waals surface area contributed by atoms with Gasteiger partial charge in [0.2, 0.25) is 0 Å². The minimum Gasteiger partial charge on any atom is -0.388 e. The van der Waals surface area contributed by atoms with Crippen LogP contribution in [0.1, 0.15) is 31.1 Å². The molecule has 0 radical (unpaired) electrons. The third-order valence-corrected chi connectivity index (χ3v) is 2.60. The van der Waals surface area contributed by atoms with E-state index in [4.69, 9.17) is 0 Å². The molecule has 0 saturated carbocycles. The van der Waals surface area contributed by atoms with Crippen LogP contribution in [0.15, 0.2) is 24.3 Å². The molecule has 102 valence electrons. The summed E-state index contributed by atoms with van der Waals surface area (Å²) in [5, 5.41) is 9.64. The second-order valence-corrected chi connectivity index (χ2v) is 4.38. The SMILES string of the molecule is CC(C)C(O)c1ccc(C(F)(F)C(F)(F)F)cc1. The van der Waals surface area contributed by atoms with Gasteiger partial charge < -0.3 is 5.11 Å². The highest BCUT2D eigenvalue weighted by Crippen LogP contribution is 2.43. The average molecular weight is 268 g/mol. The van der Waals surface area contributed by atoms with Crippen molar-refractivity contribution in [2.45, 2.75) is 32.1 Å². The van der Waals surface area contributed by atoms with E-state index in [0.29, 0.717) is 17.7 Å². The van der Waals surface area contributed by atoms with Gasteiger partial charge >= 0.3 is 12.1 Å². The van der Waals surface area contributed by atoms with E-state index in [1.807, 2.05) is 0 Å². The highest BCUT2D eigenvalue weighted by Gasteiger charge is 2.58. The molecule has 1 N–H and O–H groups in total. The molecular weight excluding hydrogens is 255 g/mol. The molecule has 1 aromatic carbocycles. The maximum atomic E-state index is 13.0. The van der Waals surface area contributed by atoms with Gasteiger partial charge in [-0.05, 0) is 11.5 Å². The molecule has 0 bridgehead atoms. The Morgan fingerprint density at radius 1 is 0.944 bits per heavy atom. The Morgan fingerprint density at radius 3 is 1.72 bits per heavy atom. The lowest BCUT2D eigenvalue weighted by molar-refractivity contribution is -0.289. The molecular formula is C12H13F5O. The van der Waals surface area contributed by atoms with Crippen molar-refractivity contribution in [3.8, 4) is 0 Å². The fourth-order valence-corrected chi connectivity index (χ4v) is 1.44. The van der Waals surface area contributed by atoms with E-state index in [1.165, 1.54) is 0 Å². The highest BCUT2D eigenvalue weighted by atomic mass is 19.4.